The first kappa shape index (κ1) is 16.4. The van der Waals surface area contributed by atoms with Crippen molar-refractivity contribution < 1.29 is 0 Å². The van der Waals surface area contributed by atoms with Crippen LogP contribution in [0, 0.1) is 0 Å². The SMILES string of the molecule is S=C(Nc1cccc(Cl)c1)N1CCC[C@@H](c2nc3ccccc3[nH]2)C1. The fourth-order valence-corrected chi connectivity index (χ4v) is 3.79. The fraction of sp³-hybridized carbons (Fsp3) is 0.263. The first-order valence-corrected chi connectivity index (χ1v) is 9.24. The van der Waals surface area contributed by atoms with Crippen molar-refractivity contribution in [2.45, 2.75) is 18.8 Å². The minimum absolute atomic E-state index is 0.361. The average molecular weight is 371 g/mol. The highest BCUT2D eigenvalue weighted by molar-refractivity contribution is 7.80. The van der Waals surface area contributed by atoms with E-state index in [9.17, 15) is 0 Å². The van der Waals surface area contributed by atoms with Crippen LogP contribution in [0.3, 0.4) is 0 Å². The lowest BCUT2D eigenvalue weighted by Crippen LogP contribution is -2.41. The van der Waals surface area contributed by atoms with Crippen LogP contribution in [0.2, 0.25) is 5.02 Å². The standard InChI is InChI=1S/C19H19ClN4S/c20-14-6-3-7-15(11-14)21-19(25)24-10-4-5-13(12-24)18-22-16-8-1-2-9-17(16)23-18/h1-3,6-9,11,13H,4-5,10,12H2,(H,21,25)(H,22,23)/t13-/m1/s1. The van der Waals surface area contributed by atoms with Gasteiger partial charge in [0, 0.05) is 29.7 Å². The van der Waals surface area contributed by atoms with E-state index in [1.54, 1.807) is 0 Å². The number of hydrogen-bond donors (Lipinski definition) is 2. The third-order valence-corrected chi connectivity index (χ3v) is 5.17. The van der Waals surface area contributed by atoms with E-state index in [1.807, 2.05) is 42.5 Å². The summed E-state index contributed by atoms with van der Waals surface area (Å²) >= 11 is 11.7. The molecule has 1 aliphatic rings. The molecule has 0 unspecified atom stereocenters. The van der Waals surface area contributed by atoms with Crippen LogP contribution in [0.25, 0.3) is 11.0 Å². The van der Waals surface area contributed by atoms with E-state index in [2.05, 4.69) is 21.3 Å². The Morgan fingerprint density at radius 2 is 2.12 bits per heavy atom. The molecular formula is C19H19ClN4S. The summed E-state index contributed by atoms with van der Waals surface area (Å²) in [5.41, 5.74) is 3.03. The summed E-state index contributed by atoms with van der Waals surface area (Å²) in [7, 11) is 0. The number of hydrogen-bond acceptors (Lipinski definition) is 2. The average Bonchev–Trinajstić information content (AvgIpc) is 3.06. The van der Waals surface area contributed by atoms with E-state index in [1.165, 1.54) is 0 Å². The molecule has 0 radical (unpaired) electrons. The van der Waals surface area contributed by atoms with Crippen molar-refractivity contribution in [2.24, 2.45) is 0 Å². The molecule has 3 aromatic rings. The van der Waals surface area contributed by atoms with Gasteiger partial charge in [-0.3, -0.25) is 0 Å². The van der Waals surface area contributed by atoms with E-state index >= 15 is 0 Å². The molecule has 0 aliphatic carbocycles. The van der Waals surface area contributed by atoms with Gasteiger partial charge in [0.15, 0.2) is 5.11 Å². The summed E-state index contributed by atoms with van der Waals surface area (Å²) in [4.78, 5) is 10.4. The van der Waals surface area contributed by atoms with Gasteiger partial charge in [0.2, 0.25) is 0 Å². The second kappa shape index (κ2) is 7.02. The molecule has 2 heterocycles. The maximum atomic E-state index is 6.05. The Kier molecular flexibility index (Phi) is 4.59. The van der Waals surface area contributed by atoms with Crippen LogP contribution in [-0.2, 0) is 0 Å². The Morgan fingerprint density at radius 1 is 1.24 bits per heavy atom. The number of anilines is 1. The van der Waals surface area contributed by atoms with Crippen molar-refractivity contribution >= 4 is 45.7 Å². The molecule has 1 aromatic heterocycles. The molecule has 1 saturated heterocycles. The zero-order valence-corrected chi connectivity index (χ0v) is 15.3. The smallest absolute Gasteiger partial charge is 0.173 e. The molecule has 2 aromatic carbocycles. The Bertz CT molecular complexity index is 874. The van der Waals surface area contributed by atoms with E-state index in [-0.39, 0.29) is 0 Å². The molecule has 0 saturated carbocycles. The predicted octanol–water partition coefficient (Wildman–Crippen LogP) is 4.79. The molecule has 0 bridgehead atoms. The molecule has 0 amide bonds. The number of nitrogens with one attached hydrogen (secondary N) is 2. The number of piperidine rings is 1. The van der Waals surface area contributed by atoms with Gasteiger partial charge in [0.25, 0.3) is 0 Å². The highest BCUT2D eigenvalue weighted by Crippen LogP contribution is 2.27. The fourth-order valence-electron chi connectivity index (χ4n) is 3.32. The van der Waals surface area contributed by atoms with E-state index in [0.29, 0.717) is 10.9 Å². The van der Waals surface area contributed by atoms with Gasteiger partial charge >= 0.3 is 0 Å². The number of fused-ring (bicyclic) bond motifs is 1. The van der Waals surface area contributed by atoms with Crippen LogP contribution in [0.1, 0.15) is 24.6 Å². The summed E-state index contributed by atoms with van der Waals surface area (Å²) in [6.07, 6.45) is 2.22. The number of thiocarbonyl (C=S) groups is 1. The van der Waals surface area contributed by atoms with Gasteiger partial charge in [0.05, 0.1) is 11.0 Å². The van der Waals surface area contributed by atoms with Crippen LogP contribution in [0.5, 0.6) is 0 Å². The van der Waals surface area contributed by atoms with Crippen molar-refractivity contribution in [3.05, 3.63) is 59.4 Å². The van der Waals surface area contributed by atoms with Gasteiger partial charge in [0.1, 0.15) is 5.82 Å². The molecule has 4 nitrogen and oxygen atoms in total. The van der Waals surface area contributed by atoms with Crippen molar-refractivity contribution in [3.8, 4) is 0 Å². The normalized spacial score (nSPS) is 17.6. The largest absolute Gasteiger partial charge is 0.348 e. The summed E-state index contributed by atoms with van der Waals surface area (Å²) in [5.74, 6) is 1.41. The molecule has 0 spiro atoms. The maximum Gasteiger partial charge on any atom is 0.173 e. The molecule has 2 N–H and O–H groups in total. The number of para-hydroxylation sites is 2. The van der Waals surface area contributed by atoms with E-state index in [0.717, 1.165) is 53.6 Å². The number of H-pyrrole nitrogens is 1. The zero-order valence-electron chi connectivity index (χ0n) is 13.7. The minimum Gasteiger partial charge on any atom is -0.348 e. The molecule has 25 heavy (non-hydrogen) atoms. The van der Waals surface area contributed by atoms with Crippen LogP contribution in [0.15, 0.2) is 48.5 Å². The number of rotatable bonds is 2. The molecular weight excluding hydrogens is 352 g/mol. The van der Waals surface area contributed by atoms with Crippen LogP contribution >= 0.6 is 23.8 Å². The number of likely N-dealkylation sites (tertiary alicyclic amines) is 1. The van der Waals surface area contributed by atoms with Crippen molar-refractivity contribution in [3.63, 3.8) is 0 Å². The van der Waals surface area contributed by atoms with Gasteiger partial charge in [-0.05, 0) is 55.4 Å². The highest BCUT2D eigenvalue weighted by Gasteiger charge is 2.25. The number of halogens is 1. The number of nitrogens with zero attached hydrogens (tertiary/aromatic N) is 2. The minimum atomic E-state index is 0.361. The number of aromatic amines is 1. The van der Waals surface area contributed by atoms with E-state index < -0.39 is 0 Å². The van der Waals surface area contributed by atoms with E-state index in [4.69, 9.17) is 28.8 Å². The van der Waals surface area contributed by atoms with Crippen molar-refractivity contribution in [1.29, 1.82) is 0 Å². The summed E-state index contributed by atoms with van der Waals surface area (Å²) in [6.45, 7) is 1.83. The van der Waals surface area contributed by atoms with Crippen molar-refractivity contribution in [2.75, 3.05) is 18.4 Å². The number of benzene rings is 2. The highest BCUT2D eigenvalue weighted by atomic mass is 35.5. The quantitative estimate of drug-likeness (QED) is 0.636. The van der Waals surface area contributed by atoms with Crippen molar-refractivity contribution in [1.82, 2.24) is 14.9 Å². The maximum absolute atomic E-state index is 6.05. The van der Waals surface area contributed by atoms with Crippen LogP contribution in [0.4, 0.5) is 5.69 Å². The Hall–Kier alpha value is -2.11. The third-order valence-electron chi connectivity index (χ3n) is 4.58. The predicted molar refractivity (Wildman–Crippen MR) is 107 cm³/mol. The molecule has 1 fully saturated rings. The molecule has 1 aliphatic heterocycles. The first-order valence-electron chi connectivity index (χ1n) is 8.45. The topological polar surface area (TPSA) is 44.0 Å². The molecule has 6 heteroatoms. The van der Waals surface area contributed by atoms with Crippen LogP contribution in [-0.4, -0.2) is 33.1 Å². The van der Waals surface area contributed by atoms with Gasteiger partial charge in [-0.15, -0.1) is 0 Å². The zero-order chi connectivity index (χ0) is 17.2. The lowest BCUT2D eigenvalue weighted by molar-refractivity contribution is 0.307. The monoisotopic (exact) mass is 370 g/mol. The summed E-state index contributed by atoms with van der Waals surface area (Å²) in [5, 5.41) is 4.73. The number of imidazole rings is 1. The summed E-state index contributed by atoms with van der Waals surface area (Å²) < 4.78 is 0. The lowest BCUT2D eigenvalue weighted by Gasteiger charge is -2.33. The second-order valence-electron chi connectivity index (χ2n) is 6.36. The van der Waals surface area contributed by atoms with Gasteiger partial charge < -0.3 is 15.2 Å². The molecule has 1 atom stereocenters. The Balaban J connectivity index is 1.47. The number of aromatic nitrogens is 2. The molecule has 4 rings (SSSR count). The summed E-state index contributed by atoms with van der Waals surface area (Å²) in [6, 6.07) is 15.8. The molecule has 128 valence electrons. The second-order valence-corrected chi connectivity index (χ2v) is 7.19. The Labute approximate surface area is 157 Å². The van der Waals surface area contributed by atoms with Gasteiger partial charge in [-0.1, -0.05) is 29.8 Å². The lowest BCUT2D eigenvalue weighted by atomic mass is 9.98. The Morgan fingerprint density at radius 3 is 2.96 bits per heavy atom. The van der Waals surface area contributed by atoms with Gasteiger partial charge in [-0.2, -0.15) is 0 Å². The van der Waals surface area contributed by atoms with Gasteiger partial charge in [-0.25, -0.2) is 4.98 Å². The first-order chi connectivity index (χ1) is 12.2. The third kappa shape index (κ3) is 3.62. The van der Waals surface area contributed by atoms with Crippen LogP contribution < -0.4 is 5.32 Å².